The van der Waals surface area contributed by atoms with E-state index in [2.05, 4.69) is 21.1 Å². The number of nitrogens with two attached hydrogens (primary N) is 1. The van der Waals surface area contributed by atoms with Crippen LogP contribution in [0.4, 0.5) is 4.39 Å². The molecule has 0 radical (unpaired) electrons. The number of pyridine rings is 1. The van der Waals surface area contributed by atoms with Gasteiger partial charge in [-0.2, -0.15) is 0 Å². The summed E-state index contributed by atoms with van der Waals surface area (Å²) in [4.78, 5) is 15.6. The van der Waals surface area contributed by atoms with Crippen LogP contribution < -0.4 is 15.8 Å². The highest BCUT2D eigenvalue weighted by atomic mass is 31.0. The number of aliphatic hydroxyl groups excluding tert-OH is 1. The first kappa shape index (κ1) is 18.3. The lowest BCUT2D eigenvalue weighted by Crippen LogP contribution is -2.22. The average Bonchev–Trinajstić information content (AvgIpc) is 2.56. The van der Waals surface area contributed by atoms with Crippen molar-refractivity contribution in [3.8, 4) is 17.0 Å². The lowest BCUT2D eigenvalue weighted by Gasteiger charge is -2.24. The van der Waals surface area contributed by atoms with Crippen LogP contribution in [0, 0.1) is 11.7 Å². The van der Waals surface area contributed by atoms with Crippen molar-refractivity contribution in [1.82, 2.24) is 4.98 Å². The normalized spacial score (nSPS) is 15.6. The predicted molar refractivity (Wildman–Crippen MR) is 94.0 cm³/mol. The van der Waals surface area contributed by atoms with Crippen molar-refractivity contribution >= 4 is 20.5 Å². The van der Waals surface area contributed by atoms with Crippen molar-refractivity contribution < 1.29 is 19.0 Å². The molecule has 1 aromatic carbocycles. The maximum absolute atomic E-state index is 14.3. The summed E-state index contributed by atoms with van der Waals surface area (Å²) < 4.78 is 20.0. The highest BCUT2D eigenvalue weighted by Crippen LogP contribution is 2.36. The molecule has 1 unspecified atom stereocenters. The third-order valence-electron chi connectivity index (χ3n) is 3.68. The number of primary amides is 1. The summed E-state index contributed by atoms with van der Waals surface area (Å²) in [5, 5.41) is 7.75. The molecule has 2 heterocycles. The van der Waals surface area contributed by atoms with Gasteiger partial charge in [0.05, 0.1) is 6.61 Å². The molecule has 0 saturated heterocycles. The standard InChI is InChI=1S/C16H16FN2O2P.CH4O/c1-8-4-12-11(10-3-2-9(22)5-13(10)17)6-14(15(18)20)19-16(12)21-7-8;1-2/h2-3,5-6,8H,4,7,22H2,1H3,(H2,18,20);2H,1H3/t8-;/m0./s1. The second-order valence-electron chi connectivity index (χ2n) is 5.56. The van der Waals surface area contributed by atoms with Crippen molar-refractivity contribution in [3.05, 3.63) is 41.3 Å². The third-order valence-corrected chi connectivity index (χ3v) is 4.04. The van der Waals surface area contributed by atoms with Gasteiger partial charge in [0.2, 0.25) is 5.88 Å². The molecule has 1 aromatic heterocycles. The van der Waals surface area contributed by atoms with E-state index in [-0.39, 0.29) is 11.5 Å². The van der Waals surface area contributed by atoms with Crippen molar-refractivity contribution in [2.75, 3.05) is 13.7 Å². The smallest absolute Gasteiger partial charge is 0.267 e. The molecular weight excluding hydrogens is 330 g/mol. The van der Waals surface area contributed by atoms with Crippen LogP contribution in [0.15, 0.2) is 24.3 Å². The molecule has 128 valence electrons. The maximum atomic E-state index is 14.3. The van der Waals surface area contributed by atoms with Gasteiger partial charge >= 0.3 is 0 Å². The number of ether oxygens (including phenoxy) is 1. The zero-order chi connectivity index (χ0) is 17.9. The highest BCUT2D eigenvalue weighted by molar-refractivity contribution is 7.27. The topological polar surface area (TPSA) is 85.4 Å². The van der Waals surface area contributed by atoms with Gasteiger partial charge in [0.25, 0.3) is 5.91 Å². The van der Waals surface area contributed by atoms with E-state index in [0.29, 0.717) is 29.5 Å². The Bertz CT molecular complexity index is 768. The Hall–Kier alpha value is -2.04. The quantitative estimate of drug-likeness (QED) is 0.807. The molecule has 1 amide bonds. The summed E-state index contributed by atoms with van der Waals surface area (Å²) in [7, 11) is 3.46. The minimum atomic E-state index is -0.658. The molecule has 0 saturated carbocycles. The number of carbonyl (C=O) groups is 1. The van der Waals surface area contributed by atoms with E-state index in [1.807, 2.05) is 0 Å². The van der Waals surface area contributed by atoms with E-state index < -0.39 is 5.91 Å². The number of benzene rings is 1. The van der Waals surface area contributed by atoms with Crippen molar-refractivity contribution in [2.24, 2.45) is 11.7 Å². The number of aliphatic hydroxyl groups is 1. The third kappa shape index (κ3) is 3.71. The number of hydrogen-bond acceptors (Lipinski definition) is 4. The molecule has 0 spiro atoms. The predicted octanol–water partition coefficient (Wildman–Crippen LogP) is 1.67. The summed E-state index contributed by atoms with van der Waals surface area (Å²) in [5.41, 5.74) is 7.27. The van der Waals surface area contributed by atoms with Gasteiger partial charge in [-0.1, -0.05) is 19.1 Å². The molecule has 5 nitrogen and oxygen atoms in total. The first-order chi connectivity index (χ1) is 11.5. The first-order valence-corrected chi connectivity index (χ1v) is 8.00. The molecule has 2 atom stereocenters. The van der Waals surface area contributed by atoms with Crippen LogP contribution in [0.5, 0.6) is 5.88 Å². The summed E-state index contributed by atoms with van der Waals surface area (Å²) in [6.45, 7) is 2.57. The first-order valence-electron chi connectivity index (χ1n) is 7.42. The molecule has 24 heavy (non-hydrogen) atoms. The highest BCUT2D eigenvalue weighted by Gasteiger charge is 2.25. The minimum Gasteiger partial charge on any atom is -0.477 e. The van der Waals surface area contributed by atoms with E-state index in [9.17, 15) is 9.18 Å². The molecule has 1 aliphatic rings. The summed E-state index contributed by atoms with van der Waals surface area (Å²) in [6.07, 6.45) is 0.721. The number of halogens is 1. The molecule has 2 aromatic rings. The van der Waals surface area contributed by atoms with Gasteiger partial charge in [-0.05, 0) is 35.3 Å². The van der Waals surface area contributed by atoms with Crippen LogP contribution in [-0.4, -0.2) is 29.7 Å². The summed E-state index contributed by atoms with van der Waals surface area (Å²) >= 11 is 0. The van der Waals surface area contributed by atoms with Crippen LogP contribution in [0.3, 0.4) is 0 Å². The van der Waals surface area contributed by atoms with E-state index in [1.54, 1.807) is 18.2 Å². The Morgan fingerprint density at radius 3 is 2.71 bits per heavy atom. The SMILES string of the molecule is CO.C[C@@H]1COc2nc(C(N)=O)cc(-c3ccc(P)cc3F)c2C1. The molecule has 3 N–H and O–H groups in total. The number of carbonyl (C=O) groups excluding carboxylic acids is 1. The summed E-state index contributed by atoms with van der Waals surface area (Å²) in [6, 6.07) is 6.47. The Morgan fingerprint density at radius 1 is 1.38 bits per heavy atom. The van der Waals surface area contributed by atoms with E-state index >= 15 is 0 Å². The van der Waals surface area contributed by atoms with Gasteiger partial charge in [0.15, 0.2) is 0 Å². The zero-order valence-corrected chi connectivity index (χ0v) is 14.7. The second-order valence-corrected chi connectivity index (χ2v) is 6.23. The van der Waals surface area contributed by atoms with Gasteiger partial charge in [-0.3, -0.25) is 4.79 Å². The van der Waals surface area contributed by atoms with Crippen molar-refractivity contribution in [1.29, 1.82) is 0 Å². The van der Waals surface area contributed by atoms with Crippen LogP contribution in [0.1, 0.15) is 23.0 Å². The van der Waals surface area contributed by atoms with Crippen LogP contribution in [0.25, 0.3) is 11.1 Å². The van der Waals surface area contributed by atoms with Gasteiger partial charge < -0.3 is 15.6 Å². The Kier molecular flexibility index (Phi) is 5.86. The summed E-state index contributed by atoms with van der Waals surface area (Å²) in [5.74, 6) is -0.334. The lowest BCUT2D eigenvalue weighted by atomic mass is 9.92. The largest absolute Gasteiger partial charge is 0.477 e. The number of nitrogens with zero attached hydrogens (tertiary/aromatic N) is 1. The van der Waals surface area contributed by atoms with E-state index in [4.69, 9.17) is 15.6 Å². The van der Waals surface area contributed by atoms with Crippen molar-refractivity contribution in [3.63, 3.8) is 0 Å². The number of rotatable bonds is 2. The molecule has 0 fully saturated rings. The van der Waals surface area contributed by atoms with Gasteiger partial charge in [0.1, 0.15) is 11.5 Å². The van der Waals surface area contributed by atoms with Crippen LogP contribution in [0.2, 0.25) is 0 Å². The number of amides is 1. The minimum absolute atomic E-state index is 0.0812. The fourth-order valence-electron chi connectivity index (χ4n) is 2.61. The van der Waals surface area contributed by atoms with Crippen LogP contribution in [-0.2, 0) is 6.42 Å². The van der Waals surface area contributed by atoms with Gasteiger partial charge in [-0.25, -0.2) is 9.37 Å². The Labute approximate surface area is 142 Å². The maximum Gasteiger partial charge on any atom is 0.267 e. The molecule has 0 bridgehead atoms. The lowest BCUT2D eigenvalue weighted by molar-refractivity contribution is 0.0993. The monoisotopic (exact) mass is 350 g/mol. The van der Waals surface area contributed by atoms with E-state index in [0.717, 1.165) is 24.4 Å². The fourth-order valence-corrected chi connectivity index (χ4v) is 2.85. The number of hydrogen-bond donors (Lipinski definition) is 2. The van der Waals surface area contributed by atoms with Crippen molar-refractivity contribution in [2.45, 2.75) is 13.3 Å². The average molecular weight is 350 g/mol. The van der Waals surface area contributed by atoms with Gasteiger partial charge in [-0.15, -0.1) is 9.24 Å². The molecular formula is C17H20FN2O3P. The zero-order valence-electron chi connectivity index (χ0n) is 13.5. The molecule has 0 aliphatic carbocycles. The Morgan fingerprint density at radius 2 is 2.08 bits per heavy atom. The Balaban J connectivity index is 0.00000100. The van der Waals surface area contributed by atoms with E-state index in [1.165, 1.54) is 6.07 Å². The molecule has 7 heteroatoms. The van der Waals surface area contributed by atoms with Crippen LogP contribution >= 0.6 is 9.24 Å². The molecule has 1 aliphatic heterocycles. The fraction of sp³-hybridized carbons (Fsp3) is 0.294. The number of aromatic nitrogens is 1. The number of fused-ring (bicyclic) bond motifs is 1. The van der Waals surface area contributed by atoms with Gasteiger partial charge in [0, 0.05) is 18.2 Å². The second kappa shape index (κ2) is 7.69. The molecule has 3 rings (SSSR count).